The van der Waals surface area contributed by atoms with Crippen molar-refractivity contribution in [1.82, 2.24) is 4.90 Å². The van der Waals surface area contributed by atoms with Gasteiger partial charge in [0, 0.05) is 19.1 Å². The molecule has 0 bridgehead atoms. The van der Waals surface area contributed by atoms with Gasteiger partial charge in [0.2, 0.25) is 0 Å². The molecule has 0 aromatic heterocycles. The average molecular weight is 229 g/mol. The zero-order chi connectivity index (χ0) is 12.0. The lowest BCUT2D eigenvalue weighted by atomic mass is 10.1. The SMILES string of the molecule is CC1OCCC1N(C)CCCCC(N)=NO. The molecule has 0 amide bonds. The van der Waals surface area contributed by atoms with E-state index in [1.54, 1.807) is 0 Å². The number of nitrogens with zero attached hydrogens (tertiary/aromatic N) is 2. The highest BCUT2D eigenvalue weighted by atomic mass is 16.5. The Balaban J connectivity index is 2.12. The van der Waals surface area contributed by atoms with Gasteiger partial charge in [-0.1, -0.05) is 5.16 Å². The Hall–Kier alpha value is -0.810. The number of unbranched alkanes of at least 4 members (excludes halogenated alkanes) is 1. The van der Waals surface area contributed by atoms with E-state index in [2.05, 4.69) is 24.0 Å². The van der Waals surface area contributed by atoms with E-state index >= 15 is 0 Å². The molecule has 1 rings (SSSR count). The van der Waals surface area contributed by atoms with Crippen LogP contribution in [0.2, 0.25) is 0 Å². The van der Waals surface area contributed by atoms with Crippen LogP contribution in [0.4, 0.5) is 0 Å². The molecule has 3 N–H and O–H groups in total. The Bertz CT molecular complexity index is 233. The second-order valence-electron chi connectivity index (χ2n) is 4.46. The molecule has 1 fully saturated rings. The molecule has 5 nitrogen and oxygen atoms in total. The minimum absolute atomic E-state index is 0.320. The first-order valence-corrected chi connectivity index (χ1v) is 5.93. The Morgan fingerprint density at radius 1 is 1.56 bits per heavy atom. The van der Waals surface area contributed by atoms with Crippen molar-refractivity contribution in [3.63, 3.8) is 0 Å². The van der Waals surface area contributed by atoms with E-state index in [0.29, 0.717) is 24.4 Å². The van der Waals surface area contributed by atoms with Crippen molar-refractivity contribution in [2.75, 3.05) is 20.2 Å². The van der Waals surface area contributed by atoms with Crippen molar-refractivity contribution < 1.29 is 9.94 Å². The maximum Gasteiger partial charge on any atom is 0.139 e. The van der Waals surface area contributed by atoms with Crippen LogP contribution in [-0.2, 0) is 4.74 Å². The lowest BCUT2D eigenvalue weighted by molar-refractivity contribution is 0.0832. The maximum absolute atomic E-state index is 8.39. The normalized spacial score (nSPS) is 26.6. The second-order valence-corrected chi connectivity index (χ2v) is 4.46. The van der Waals surface area contributed by atoms with Crippen molar-refractivity contribution in [3.05, 3.63) is 0 Å². The van der Waals surface area contributed by atoms with Crippen LogP contribution in [0.5, 0.6) is 0 Å². The molecule has 5 heteroatoms. The van der Waals surface area contributed by atoms with Crippen LogP contribution in [0.1, 0.15) is 32.6 Å². The number of ether oxygens (including phenoxy) is 1. The first-order valence-electron chi connectivity index (χ1n) is 5.93. The number of rotatable bonds is 6. The molecule has 1 aliphatic rings. The molecule has 1 saturated heterocycles. The zero-order valence-electron chi connectivity index (χ0n) is 10.2. The van der Waals surface area contributed by atoms with Crippen LogP contribution in [0.15, 0.2) is 5.16 Å². The van der Waals surface area contributed by atoms with Crippen LogP contribution in [0.25, 0.3) is 0 Å². The summed E-state index contributed by atoms with van der Waals surface area (Å²) in [4.78, 5) is 2.35. The molecular weight excluding hydrogens is 206 g/mol. The van der Waals surface area contributed by atoms with Crippen molar-refractivity contribution in [3.8, 4) is 0 Å². The minimum Gasteiger partial charge on any atom is -0.409 e. The highest BCUT2D eigenvalue weighted by Gasteiger charge is 2.27. The van der Waals surface area contributed by atoms with E-state index in [0.717, 1.165) is 32.4 Å². The lowest BCUT2D eigenvalue weighted by Gasteiger charge is -2.26. The molecular formula is C11H23N3O2. The quantitative estimate of drug-likeness (QED) is 0.234. The van der Waals surface area contributed by atoms with Crippen molar-refractivity contribution in [2.24, 2.45) is 10.9 Å². The van der Waals surface area contributed by atoms with E-state index in [9.17, 15) is 0 Å². The number of oxime groups is 1. The Labute approximate surface area is 97.2 Å². The number of hydrogen-bond donors (Lipinski definition) is 2. The summed E-state index contributed by atoms with van der Waals surface area (Å²) >= 11 is 0. The van der Waals surface area contributed by atoms with E-state index in [4.69, 9.17) is 15.7 Å². The first kappa shape index (κ1) is 13.3. The summed E-state index contributed by atoms with van der Waals surface area (Å²) in [5.74, 6) is 0.320. The van der Waals surface area contributed by atoms with Gasteiger partial charge in [-0.2, -0.15) is 0 Å². The van der Waals surface area contributed by atoms with Crippen molar-refractivity contribution in [1.29, 1.82) is 0 Å². The smallest absolute Gasteiger partial charge is 0.139 e. The Kier molecular flexibility index (Phi) is 5.55. The van der Waals surface area contributed by atoms with E-state index < -0.39 is 0 Å². The molecule has 94 valence electrons. The minimum atomic E-state index is 0.320. The van der Waals surface area contributed by atoms with Crippen LogP contribution in [0, 0.1) is 0 Å². The Morgan fingerprint density at radius 3 is 2.88 bits per heavy atom. The predicted octanol–water partition coefficient (Wildman–Crippen LogP) is 1.01. The Morgan fingerprint density at radius 2 is 2.31 bits per heavy atom. The third-order valence-corrected chi connectivity index (χ3v) is 3.22. The highest BCUT2D eigenvalue weighted by molar-refractivity contribution is 5.79. The van der Waals surface area contributed by atoms with Crippen molar-refractivity contribution >= 4 is 5.84 Å². The fraction of sp³-hybridized carbons (Fsp3) is 0.909. The zero-order valence-corrected chi connectivity index (χ0v) is 10.2. The molecule has 2 unspecified atom stereocenters. The summed E-state index contributed by atoms with van der Waals surface area (Å²) in [6, 6.07) is 0.545. The van der Waals surface area contributed by atoms with E-state index in [-0.39, 0.29) is 0 Å². The monoisotopic (exact) mass is 229 g/mol. The molecule has 0 aromatic carbocycles. The fourth-order valence-electron chi connectivity index (χ4n) is 2.18. The summed E-state index contributed by atoms with van der Waals surface area (Å²) in [5, 5.41) is 11.3. The van der Waals surface area contributed by atoms with Gasteiger partial charge in [-0.05, 0) is 39.8 Å². The summed E-state index contributed by atoms with van der Waals surface area (Å²) in [6.07, 6.45) is 4.16. The van der Waals surface area contributed by atoms with E-state index in [1.807, 2.05) is 0 Å². The van der Waals surface area contributed by atoms with Gasteiger partial charge >= 0.3 is 0 Å². The van der Waals surface area contributed by atoms with Crippen LogP contribution < -0.4 is 5.73 Å². The number of likely N-dealkylation sites (N-methyl/N-ethyl adjacent to an activating group) is 1. The summed E-state index contributed by atoms with van der Waals surface area (Å²) in [7, 11) is 2.14. The van der Waals surface area contributed by atoms with Gasteiger partial charge in [0.1, 0.15) is 5.84 Å². The lowest BCUT2D eigenvalue weighted by Crippen LogP contribution is -2.37. The summed E-state index contributed by atoms with van der Waals surface area (Å²) < 4.78 is 5.53. The summed E-state index contributed by atoms with van der Waals surface area (Å²) in [5.41, 5.74) is 5.40. The predicted molar refractivity (Wildman–Crippen MR) is 63.7 cm³/mol. The topological polar surface area (TPSA) is 71.1 Å². The molecule has 2 atom stereocenters. The second kappa shape index (κ2) is 6.70. The third-order valence-electron chi connectivity index (χ3n) is 3.22. The molecule has 0 aromatic rings. The summed E-state index contributed by atoms with van der Waals surface area (Å²) in [6.45, 7) is 4.04. The van der Waals surface area contributed by atoms with Gasteiger partial charge in [0.25, 0.3) is 0 Å². The van der Waals surface area contributed by atoms with Gasteiger partial charge in [-0.3, -0.25) is 0 Å². The van der Waals surface area contributed by atoms with E-state index in [1.165, 1.54) is 0 Å². The van der Waals surface area contributed by atoms with Gasteiger partial charge in [0.05, 0.1) is 6.10 Å². The molecule has 1 heterocycles. The first-order chi connectivity index (χ1) is 7.65. The third kappa shape index (κ3) is 3.98. The average Bonchev–Trinajstić information content (AvgIpc) is 2.70. The van der Waals surface area contributed by atoms with Crippen molar-refractivity contribution in [2.45, 2.75) is 44.8 Å². The highest BCUT2D eigenvalue weighted by Crippen LogP contribution is 2.18. The van der Waals surface area contributed by atoms with Crippen LogP contribution >= 0.6 is 0 Å². The van der Waals surface area contributed by atoms with Gasteiger partial charge in [0.15, 0.2) is 0 Å². The standard InChI is InChI=1S/C11H23N3O2/c1-9-10(6-8-16-9)14(2)7-4-3-5-11(12)13-15/h9-10,15H,3-8H2,1-2H3,(H2,12,13). The number of amidine groups is 1. The van der Waals surface area contributed by atoms with Gasteiger partial charge in [-0.25, -0.2) is 0 Å². The number of nitrogens with two attached hydrogens (primary N) is 1. The fourth-order valence-corrected chi connectivity index (χ4v) is 2.18. The number of hydrogen-bond acceptors (Lipinski definition) is 4. The molecule has 1 aliphatic heterocycles. The van der Waals surface area contributed by atoms with Gasteiger partial charge in [-0.15, -0.1) is 0 Å². The van der Waals surface area contributed by atoms with Crippen LogP contribution in [0.3, 0.4) is 0 Å². The molecule has 0 radical (unpaired) electrons. The molecule has 0 saturated carbocycles. The largest absolute Gasteiger partial charge is 0.409 e. The molecule has 0 aliphatic carbocycles. The van der Waals surface area contributed by atoms with Gasteiger partial charge < -0.3 is 20.6 Å². The maximum atomic E-state index is 8.39. The molecule has 16 heavy (non-hydrogen) atoms. The van der Waals surface area contributed by atoms with Crippen LogP contribution in [-0.4, -0.2) is 48.3 Å². The molecule has 0 spiro atoms.